The van der Waals surface area contributed by atoms with Gasteiger partial charge in [0.15, 0.2) is 0 Å². The smallest absolute Gasteiger partial charge is 0.212 e. The minimum Gasteiger partial charge on any atom is -0.253 e. The Balaban J connectivity index is 2.10. The van der Waals surface area contributed by atoms with Crippen LogP contribution in [-0.4, -0.2) is 36.7 Å². The van der Waals surface area contributed by atoms with Crippen molar-refractivity contribution >= 4 is 33.4 Å². The van der Waals surface area contributed by atoms with Crippen LogP contribution in [0, 0.1) is 0 Å². The van der Waals surface area contributed by atoms with E-state index in [4.69, 9.17) is 0 Å². The second kappa shape index (κ2) is 4.58. The zero-order valence-corrected chi connectivity index (χ0v) is 11.1. The van der Waals surface area contributed by atoms with Crippen LogP contribution in [0.25, 0.3) is 11.5 Å². The molecule has 7 heteroatoms. The average Bonchev–Trinajstić information content (AvgIpc) is 2.82. The summed E-state index contributed by atoms with van der Waals surface area (Å²) in [5.41, 5.74) is 1.85. The average molecular weight is 310 g/mol. The summed E-state index contributed by atoms with van der Waals surface area (Å²) in [4.78, 5) is 4.27. The van der Waals surface area contributed by atoms with Gasteiger partial charge in [0.05, 0.1) is 5.71 Å². The Bertz CT molecular complexity index is 565. The lowest BCUT2D eigenvalue weighted by atomic mass is 10.3. The quantitative estimate of drug-likeness (QED) is 0.797. The van der Waals surface area contributed by atoms with Crippen LogP contribution in [0.2, 0.25) is 0 Å². The van der Waals surface area contributed by atoms with E-state index in [0.717, 1.165) is 27.6 Å². The Morgan fingerprint density at radius 3 is 3.06 bits per heavy atom. The molecule has 5 nitrogen and oxygen atoms in total. The van der Waals surface area contributed by atoms with E-state index in [0.29, 0.717) is 5.82 Å². The van der Waals surface area contributed by atoms with Gasteiger partial charge in [-0.25, -0.2) is 0 Å². The molecular weight excluding hydrogens is 302 g/mol. The highest BCUT2D eigenvalue weighted by Crippen LogP contribution is 2.26. The minimum atomic E-state index is 0.686. The van der Waals surface area contributed by atoms with E-state index in [1.807, 2.05) is 18.2 Å². The first-order valence-electron chi connectivity index (χ1n) is 5.01. The van der Waals surface area contributed by atoms with Gasteiger partial charge in [-0.05, 0) is 12.1 Å². The first-order chi connectivity index (χ1) is 8.38. The van der Waals surface area contributed by atoms with Crippen LogP contribution in [0.4, 0.5) is 0 Å². The summed E-state index contributed by atoms with van der Waals surface area (Å²) in [7, 11) is 0. The monoisotopic (exact) mass is 309 g/mol. The number of hydrogen-bond acceptors (Lipinski definition) is 5. The molecule has 0 amide bonds. The lowest BCUT2D eigenvalue weighted by Crippen LogP contribution is -2.13. The third-order valence-corrected chi connectivity index (χ3v) is 3.91. The van der Waals surface area contributed by atoms with Crippen LogP contribution in [0.15, 0.2) is 34.7 Å². The van der Waals surface area contributed by atoms with Crippen molar-refractivity contribution in [3.63, 3.8) is 0 Å². The van der Waals surface area contributed by atoms with Crippen LogP contribution in [0.5, 0.6) is 0 Å². The van der Waals surface area contributed by atoms with Crippen LogP contribution >= 0.6 is 27.7 Å². The van der Waals surface area contributed by atoms with E-state index in [1.54, 1.807) is 22.6 Å². The fraction of sp³-hybridized carbons (Fsp3) is 0.200. The predicted molar refractivity (Wildman–Crippen MR) is 70.6 cm³/mol. The van der Waals surface area contributed by atoms with Gasteiger partial charge in [-0.2, -0.15) is 9.78 Å². The SMILES string of the molecule is BrCC1=Nn2c(nnc2-c2ccccn2)SC1. The van der Waals surface area contributed by atoms with Gasteiger partial charge in [-0.1, -0.05) is 33.8 Å². The molecule has 0 aromatic carbocycles. The van der Waals surface area contributed by atoms with E-state index in [9.17, 15) is 0 Å². The van der Waals surface area contributed by atoms with Gasteiger partial charge in [-0.15, -0.1) is 10.2 Å². The molecule has 2 aromatic rings. The van der Waals surface area contributed by atoms with Gasteiger partial charge in [0.1, 0.15) is 5.69 Å². The Labute approximate surface area is 110 Å². The van der Waals surface area contributed by atoms with Crippen LogP contribution in [0.3, 0.4) is 0 Å². The standard InChI is InChI=1S/C10H8BrN5S/c11-5-7-6-17-10-14-13-9(16(10)15-7)8-3-1-2-4-12-8/h1-4H,5-6H2. The van der Waals surface area contributed by atoms with E-state index in [1.165, 1.54) is 0 Å². The fourth-order valence-electron chi connectivity index (χ4n) is 1.48. The second-order valence-electron chi connectivity index (χ2n) is 3.42. The molecule has 0 saturated heterocycles. The highest BCUT2D eigenvalue weighted by Gasteiger charge is 2.19. The van der Waals surface area contributed by atoms with Crippen LogP contribution < -0.4 is 0 Å². The zero-order valence-electron chi connectivity index (χ0n) is 8.75. The molecule has 0 atom stereocenters. The highest BCUT2D eigenvalue weighted by atomic mass is 79.9. The maximum Gasteiger partial charge on any atom is 0.212 e. The van der Waals surface area contributed by atoms with Crippen molar-refractivity contribution in [2.75, 3.05) is 11.1 Å². The number of alkyl halides is 1. The summed E-state index contributed by atoms with van der Waals surface area (Å²) < 4.78 is 1.76. The number of rotatable bonds is 2. The molecule has 0 spiro atoms. The number of pyridine rings is 1. The van der Waals surface area contributed by atoms with Gasteiger partial charge in [0, 0.05) is 17.3 Å². The predicted octanol–water partition coefficient (Wildman–Crippen LogP) is 2.04. The van der Waals surface area contributed by atoms with E-state index in [-0.39, 0.29) is 0 Å². The van der Waals surface area contributed by atoms with Crippen molar-refractivity contribution in [3.8, 4) is 11.5 Å². The zero-order chi connectivity index (χ0) is 11.7. The van der Waals surface area contributed by atoms with Crippen LogP contribution in [0.1, 0.15) is 0 Å². The van der Waals surface area contributed by atoms with Crippen molar-refractivity contribution in [1.82, 2.24) is 19.9 Å². The molecule has 17 heavy (non-hydrogen) atoms. The Hall–Kier alpha value is -1.21. The summed E-state index contributed by atoms with van der Waals surface area (Å²) in [5, 5.41) is 14.3. The van der Waals surface area contributed by atoms with Crippen molar-refractivity contribution < 1.29 is 0 Å². The molecule has 2 aromatic heterocycles. The lowest BCUT2D eigenvalue weighted by molar-refractivity contribution is 0.760. The summed E-state index contributed by atoms with van der Waals surface area (Å²) in [6.07, 6.45) is 1.74. The third kappa shape index (κ3) is 2.00. The van der Waals surface area contributed by atoms with Gasteiger partial charge in [-0.3, -0.25) is 4.98 Å². The van der Waals surface area contributed by atoms with E-state index < -0.39 is 0 Å². The number of hydrogen-bond donors (Lipinski definition) is 0. The van der Waals surface area contributed by atoms with Gasteiger partial charge < -0.3 is 0 Å². The van der Waals surface area contributed by atoms with E-state index in [2.05, 4.69) is 36.2 Å². The van der Waals surface area contributed by atoms with Crippen molar-refractivity contribution in [2.24, 2.45) is 5.10 Å². The highest BCUT2D eigenvalue weighted by molar-refractivity contribution is 9.09. The van der Waals surface area contributed by atoms with Crippen molar-refractivity contribution in [3.05, 3.63) is 24.4 Å². The molecule has 1 aliphatic heterocycles. The molecule has 1 aliphatic rings. The van der Waals surface area contributed by atoms with Gasteiger partial charge in [0.2, 0.25) is 11.0 Å². The molecule has 0 saturated carbocycles. The largest absolute Gasteiger partial charge is 0.253 e. The summed E-state index contributed by atoms with van der Waals surface area (Å²) in [6.45, 7) is 0. The Morgan fingerprint density at radius 2 is 2.29 bits per heavy atom. The third-order valence-electron chi connectivity index (χ3n) is 2.27. The number of halogens is 1. The molecule has 0 N–H and O–H groups in total. The summed E-state index contributed by atoms with van der Waals surface area (Å²) >= 11 is 5.06. The number of fused-ring (bicyclic) bond motifs is 1. The molecule has 86 valence electrons. The number of nitrogens with zero attached hydrogens (tertiary/aromatic N) is 5. The van der Waals surface area contributed by atoms with E-state index >= 15 is 0 Å². The number of thioether (sulfide) groups is 1. The molecule has 0 fully saturated rings. The van der Waals surface area contributed by atoms with Crippen molar-refractivity contribution in [1.29, 1.82) is 0 Å². The number of aromatic nitrogens is 4. The second-order valence-corrected chi connectivity index (χ2v) is 4.92. The summed E-state index contributed by atoms with van der Waals surface area (Å²) in [6, 6.07) is 5.70. The summed E-state index contributed by atoms with van der Waals surface area (Å²) in [5.74, 6) is 1.54. The normalized spacial score (nSPS) is 14.3. The van der Waals surface area contributed by atoms with Crippen molar-refractivity contribution in [2.45, 2.75) is 5.16 Å². The topological polar surface area (TPSA) is 56.0 Å². The molecule has 0 radical (unpaired) electrons. The Morgan fingerprint density at radius 1 is 1.35 bits per heavy atom. The minimum absolute atomic E-state index is 0.686. The lowest BCUT2D eigenvalue weighted by Gasteiger charge is -2.11. The molecule has 0 bridgehead atoms. The molecular formula is C10H8BrN5S. The maximum atomic E-state index is 4.50. The van der Waals surface area contributed by atoms with Gasteiger partial charge >= 0.3 is 0 Å². The van der Waals surface area contributed by atoms with Gasteiger partial charge in [0.25, 0.3) is 0 Å². The first-order valence-corrected chi connectivity index (χ1v) is 7.11. The first kappa shape index (κ1) is 10.9. The Kier molecular flexibility index (Phi) is 2.94. The fourth-order valence-corrected chi connectivity index (χ4v) is 2.86. The molecule has 3 rings (SSSR count). The molecule has 0 aliphatic carbocycles. The maximum absolute atomic E-state index is 4.50. The molecule has 0 unspecified atom stereocenters. The molecule has 3 heterocycles. The van der Waals surface area contributed by atoms with Crippen LogP contribution in [-0.2, 0) is 0 Å².